The molecule has 11 heavy (non-hydrogen) atoms. The summed E-state index contributed by atoms with van der Waals surface area (Å²) in [6.07, 6.45) is 2.25. The van der Waals surface area contributed by atoms with E-state index in [4.69, 9.17) is 0 Å². The van der Waals surface area contributed by atoms with Gasteiger partial charge >= 0.3 is 0 Å². The van der Waals surface area contributed by atoms with Crippen LogP contribution >= 0.6 is 0 Å². The van der Waals surface area contributed by atoms with Gasteiger partial charge in [-0.1, -0.05) is 0 Å². The van der Waals surface area contributed by atoms with Crippen molar-refractivity contribution in [2.75, 3.05) is 13.1 Å². The predicted molar refractivity (Wildman–Crippen MR) is 41.1 cm³/mol. The van der Waals surface area contributed by atoms with E-state index in [1.807, 2.05) is 0 Å². The third kappa shape index (κ3) is 2.57. The molecule has 0 aromatic rings. The van der Waals surface area contributed by atoms with Gasteiger partial charge in [-0.2, -0.15) is 0 Å². The molecule has 0 radical (unpaired) electrons. The summed E-state index contributed by atoms with van der Waals surface area (Å²) < 4.78 is 0. The average Bonchev–Trinajstić information content (AvgIpc) is 2.52. The molecule has 64 valence electrons. The average molecular weight is 158 g/mol. The summed E-state index contributed by atoms with van der Waals surface area (Å²) in [5.41, 5.74) is 0. The third-order valence-corrected chi connectivity index (χ3v) is 1.89. The van der Waals surface area contributed by atoms with Gasteiger partial charge in [0.15, 0.2) is 0 Å². The highest BCUT2D eigenvalue weighted by molar-refractivity contribution is 5.51. The molecule has 1 fully saturated rings. The maximum absolute atomic E-state index is 9.93. The van der Waals surface area contributed by atoms with Crippen LogP contribution < -0.4 is 10.6 Å². The monoisotopic (exact) mass is 158 g/mol. The molecule has 0 amide bonds. The number of aliphatic hydroxyl groups is 1. The third-order valence-electron chi connectivity index (χ3n) is 1.89. The molecule has 0 aromatic carbocycles. The normalized spacial score (nSPS) is 26.8. The molecule has 1 aliphatic heterocycles. The summed E-state index contributed by atoms with van der Waals surface area (Å²) in [6.45, 7) is 1.18. The molecule has 3 N–H and O–H groups in total. The molecule has 4 heteroatoms. The standard InChI is InChI=1S/C7H14N2O2/c10-5-4-9-7(11)6-2-1-3-8-6/h5-9,11H,1-4H2/t6-,7?/m0/s1. The summed E-state index contributed by atoms with van der Waals surface area (Å²) in [7, 11) is 0. The Morgan fingerprint density at radius 2 is 2.64 bits per heavy atom. The SMILES string of the molecule is O=CCNC(O)[C@@H]1CCCN1. The van der Waals surface area contributed by atoms with Crippen molar-refractivity contribution in [2.45, 2.75) is 25.1 Å². The summed E-state index contributed by atoms with van der Waals surface area (Å²) in [6, 6.07) is 0.120. The first-order valence-electron chi connectivity index (χ1n) is 3.93. The molecule has 0 bridgehead atoms. The fourth-order valence-electron chi connectivity index (χ4n) is 1.29. The second-order valence-corrected chi connectivity index (χ2v) is 2.72. The van der Waals surface area contributed by atoms with Gasteiger partial charge in [0.1, 0.15) is 12.5 Å². The first-order chi connectivity index (χ1) is 5.34. The van der Waals surface area contributed by atoms with Crippen LogP contribution in [0.15, 0.2) is 0 Å². The van der Waals surface area contributed by atoms with E-state index in [0.717, 1.165) is 25.7 Å². The molecule has 0 spiro atoms. The van der Waals surface area contributed by atoms with Crippen molar-refractivity contribution in [2.24, 2.45) is 0 Å². The van der Waals surface area contributed by atoms with Crippen LogP contribution in [-0.2, 0) is 4.79 Å². The van der Waals surface area contributed by atoms with Crippen molar-refractivity contribution in [3.8, 4) is 0 Å². The molecular formula is C7H14N2O2. The second-order valence-electron chi connectivity index (χ2n) is 2.72. The van der Waals surface area contributed by atoms with Gasteiger partial charge in [-0.15, -0.1) is 0 Å². The lowest BCUT2D eigenvalue weighted by molar-refractivity contribution is -0.107. The van der Waals surface area contributed by atoms with E-state index in [9.17, 15) is 9.90 Å². The van der Waals surface area contributed by atoms with Gasteiger partial charge in [0.2, 0.25) is 0 Å². The second kappa shape index (κ2) is 4.43. The summed E-state index contributed by atoms with van der Waals surface area (Å²) in [5.74, 6) is 0. The van der Waals surface area contributed by atoms with E-state index < -0.39 is 6.23 Å². The van der Waals surface area contributed by atoms with Gasteiger partial charge < -0.3 is 15.2 Å². The molecule has 1 saturated heterocycles. The number of aldehydes is 1. The van der Waals surface area contributed by atoms with Crippen LogP contribution in [0.3, 0.4) is 0 Å². The molecule has 2 atom stereocenters. The Morgan fingerprint density at radius 1 is 1.82 bits per heavy atom. The number of hydrogen-bond acceptors (Lipinski definition) is 4. The van der Waals surface area contributed by atoms with Crippen LogP contribution in [0.1, 0.15) is 12.8 Å². The van der Waals surface area contributed by atoms with E-state index >= 15 is 0 Å². The number of carbonyl (C=O) groups is 1. The van der Waals surface area contributed by atoms with Crippen molar-refractivity contribution in [3.63, 3.8) is 0 Å². The Kier molecular flexibility index (Phi) is 3.48. The molecule has 0 saturated carbocycles. The summed E-state index contributed by atoms with van der Waals surface area (Å²) in [5, 5.41) is 15.2. The molecule has 1 rings (SSSR count). The van der Waals surface area contributed by atoms with E-state index in [0.29, 0.717) is 0 Å². The number of rotatable bonds is 4. The first kappa shape index (κ1) is 8.64. The van der Waals surface area contributed by atoms with E-state index in [1.54, 1.807) is 0 Å². The van der Waals surface area contributed by atoms with Crippen molar-refractivity contribution in [3.05, 3.63) is 0 Å². The minimum absolute atomic E-state index is 0.120. The Balaban J connectivity index is 2.16. The van der Waals surface area contributed by atoms with E-state index in [2.05, 4.69) is 10.6 Å². The van der Waals surface area contributed by atoms with Gasteiger partial charge in [-0.25, -0.2) is 0 Å². The smallest absolute Gasteiger partial charge is 0.133 e. The predicted octanol–water partition coefficient (Wildman–Crippen LogP) is -1.15. The largest absolute Gasteiger partial charge is 0.377 e. The van der Waals surface area contributed by atoms with E-state index in [-0.39, 0.29) is 12.6 Å². The number of carbonyl (C=O) groups excluding carboxylic acids is 1. The fourth-order valence-corrected chi connectivity index (χ4v) is 1.29. The number of hydrogen-bond donors (Lipinski definition) is 3. The zero-order chi connectivity index (χ0) is 8.10. The topological polar surface area (TPSA) is 61.4 Å². The van der Waals surface area contributed by atoms with Crippen LogP contribution in [0.2, 0.25) is 0 Å². The minimum atomic E-state index is -0.581. The lowest BCUT2D eigenvalue weighted by atomic mass is 10.2. The molecule has 0 aliphatic carbocycles. The zero-order valence-electron chi connectivity index (χ0n) is 6.42. The lowest BCUT2D eigenvalue weighted by Gasteiger charge is -2.17. The van der Waals surface area contributed by atoms with Crippen molar-refractivity contribution in [1.82, 2.24) is 10.6 Å². The Labute approximate surface area is 66.0 Å². The van der Waals surface area contributed by atoms with Gasteiger partial charge in [0, 0.05) is 6.04 Å². The van der Waals surface area contributed by atoms with Gasteiger partial charge in [-0.3, -0.25) is 5.32 Å². The quantitative estimate of drug-likeness (QED) is 0.357. The molecule has 1 unspecified atom stereocenters. The highest BCUT2D eigenvalue weighted by atomic mass is 16.3. The number of aliphatic hydroxyl groups excluding tert-OH is 1. The number of nitrogens with one attached hydrogen (secondary N) is 2. The summed E-state index contributed by atoms with van der Waals surface area (Å²) >= 11 is 0. The Hall–Kier alpha value is -0.450. The fraction of sp³-hybridized carbons (Fsp3) is 0.857. The lowest BCUT2D eigenvalue weighted by Crippen LogP contribution is -2.45. The van der Waals surface area contributed by atoms with Crippen LogP contribution in [0.4, 0.5) is 0 Å². The maximum atomic E-state index is 9.93. The van der Waals surface area contributed by atoms with Gasteiger partial charge in [0.05, 0.1) is 6.54 Å². The van der Waals surface area contributed by atoms with Crippen LogP contribution in [0.25, 0.3) is 0 Å². The molecule has 0 aromatic heterocycles. The molecular weight excluding hydrogens is 144 g/mol. The van der Waals surface area contributed by atoms with E-state index in [1.165, 1.54) is 0 Å². The molecule has 1 heterocycles. The van der Waals surface area contributed by atoms with Crippen LogP contribution in [-0.4, -0.2) is 36.8 Å². The molecule has 1 aliphatic rings. The van der Waals surface area contributed by atoms with Gasteiger partial charge in [0.25, 0.3) is 0 Å². The van der Waals surface area contributed by atoms with Crippen molar-refractivity contribution >= 4 is 6.29 Å². The maximum Gasteiger partial charge on any atom is 0.133 e. The Bertz CT molecular complexity index is 124. The highest BCUT2D eigenvalue weighted by Crippen LogP contribution is 2.06. The van der Waals surface area contributed by atoms with Crippen LogP contribution in [0, 0.1) is 0 Å². The molecule has 4 nitrogen and oxygen atoms in total. The summed E-state index contributed by atoms with van der Waals surface area (Å²) in [4.78, 5) is 9.93. The zero-order valence-corrected chi connectivity index (χ0v) is 6.42. The minimum Gasteiger partial charge on any atom is -0.377 e. The van der Waals surface area contributed by atoms with Crippen LogP contribution in [0.5, 0.6) is 0 Å². The highest BCUT2D eigenvalue weighted by Gasteiger charge is 2.21. The van der Waals surface area contributed by atoms with Gasteiger partial charge in [-0.05, 0) is 19.4 Å². The van der Waals surface area contributed by atoms with Crippen molar-refractivity contribution < 1.29 is 9.90 Å². The Morgan fingerprint density at radius 3 is 3.18 bits per heavy atom. The first-order valence-corrected chi connectivity index (χ1v) is 3.93. The van der Waals surface area contributed by atoms with Crippen molar-refractivity contribution in [1.29, 1.82) is 0 Å².